The number of hydrogen-bond acceptors (Lipinski definition) is 2. The molecule has 384 valence electrons. The Labute approximate surface area is 451 Å². The topological polar surface area (TPSA) is 32.0 Å². The molecule has 0 radical (unpaired) electrons. The highest BCUT2D eigenvalue weighted by atomic mass is 15.1. The van der Waals surface area contributed by atoms with E-state index in [1.807, 2.05) is 53.7 Å². The van der Waals surface area contributed by atoms with Crippen molar-refractivity contribution in [3.05, 3.63) is 232 Å². The lowest BCUT2D eigenvalue weighted by atomic mass is 9.81. The zero-order chi connectivity index (χ0) is 54.8. The highest BCUT2D eigenvalue weighted by Gasteiger charge is 2.38. The number of fused-ring (bicyclic) bond motifs is 8. The van der Waals surface area contributed by atoms with Crippen LogP contribution in [0.15, 0.2) is 182 Å². The van der Waals surface area contributed by atoms with Gasteiger partial charge in [-0.15, -0.1) is 0 Å². The first-order valence-electron chi connectivity index (χ1n) is 27.2. The van der Waals surface area contributed by atoms with E-state index < -0.39 is 0 Å². The van der Waals surface area contributed by atoms with E-state index in [1.165, 1.54) is 99.3 Å². The number of rotatable bonds is 4. The molecule has 0 N–H and O–H groups in total. The lowest BCUT2D eigenvalue weighted by molar-refractivity contribution is 0.590. The summed E-state index contributed by atoms with van der Waals surface area (Å²) in [6, 6.07) is 67.4. The minimum Gasteiger partial charge on any atom is -0.343 e. The van der Waals surface area contributed by atoms with E-state index >= 15 is 0 Å². The van der Waals surface area contributed by atoms with Crippen molar-refractivity contribution in [1.29, 1.82) is 5.26 Å². The van der Waals surface area contributed by atoms with Crippen LogP contribution in [-0.4, -0.2) is 4.57 Å². The van der Waals surface area contributed by atoms with Crippen molar-refractivity contribution in [2.24, 2.45) is 7.05 Å². The Morgan fingerprint density at radius 1 is 0.467 bits per heavy atom. The molecule has 1 heterocycles. The second kappa shape index (κ2) is 24.6. The van der Waals surface area contributed by atoms with Gasteiger partial charge in [-0.3, -0.25) is 0 Å². The van der Waals surface area contributed by atoms with Gasteiger partial charge in [0, 0.05) is 45.5 Å². The van der Waals surface area contributed by atoms with Crippen molar-refractivity contribution in [2.75, 3.05) is 4.90 Å². The molecule has 0 unspecified atom stereocenters. The Kier molecular flexibility index (Phi) is 18.6. The molecule has 9 aromatic carbocycles. The minimum atomic E-state index is -0.123. The van der Waals surface area contributed by atoms with Gasteiger partial charge in [0.05, 0.1) is 22.8 Å². The highest BCUT2D eigenvalue weighted by molar-refractivity contribution is 6.10. The molecule has 0 saturated heterocycles. The van der Waals surface area contributed by atoms with E-state index in [0.29, 0.717) is 5.56 Å². The smallest absolute Gasteiger partial charge is 0.0991 e. The van der Waals surface area contributed by atoms with Gasteiger partial charge in [-0.25, -0.2) is 0 Å². The standard InChI is InChI=1S/C37H34N2.C15H16.C14H13N.3C2H6/c1-24-11-20-31-32(21-24)37(5,6)33-22-34(29-9-7-8-10-30(29)35(31)33)39(27-16-12-25(23-38)13-17-27)28-18-14-26(15-19-28)36(2,3)4;1-11-8-9-13(3)15(10-11)14-7-5-4-6-12(14)2;1-10-6-5-8-12-11-7-3-4-9-13(11)15(2)14(10)12;3*1-2/h7-22H,1-6H3;4-10H,1-3H3;3-9H,1-2H3;3*1-2H3. The van der Waals surface area contributed by atoms with Crippen LogP contribution in [0.25, 0.3) is 54.8 Å². The number of anilines is 3. The molecule has 0 fully saturated rings. The van der Waals surface area contributed by atoms with Crippen LogP contribution in [-0.2, 0) is 17.9 Å². The molecule has 0 spiro atoms. The van der Waals surface area contributed by atoms with E-state index in [2.05, 4.69) is 262 Å². The normalized spacial score (nSPS) is 11.6. The average Bonchev–Trinajstić information content (AvgIpc) is 3.85. The van der Waals surface area contributed by atoms with E-state index in [9.17, 15) is 5.26 Å². The van der Waals surface area contributed by atoms with Crippen molar-refractivity contribution < 1.29 is 0 Å². The Hall–Kier alpha value is -7.67. The van der Waals surface area contributed by atoms with Crippen molar-refractivity contribution in [1.82, 2.24) is 4.57 Å². The van der Waals surface area contributed by atoms with Gasteiger partial charge in [-0.2, -0.15) is 5.26 Å². The summed E-state index contributed by atoms with van der Waals surface area (Å²) in [7, 11) is 2.14. The molecule has 1 aromatic heterocycles. The zero-order valence-electron chi connectivity index (χ0n) is 48.2. The molecule has 0 atom stereocenters. The van der Waals surface area contributed by atoms with Gasteiger partial charge >= 0.3 is 0 Å². The Bertz CT molecular complexity index is 3570. The Morgan fingerprint density at radius 3 is 1.61 bits per heavy atom. The molecule has 0 saturated carbocycles. The summed E-state index contributed by atoms with van der Waals surface area (Å²) in [5, 5.41) is 14.6. The largest absolute Gasteiger partial charge is 0.343 e. The summed E-state index contributed by atoms with van der Waals surface area (Å²) in [4.78, 5) is 2.35. The summed E-state index contributed by atoms with van der Waals surface area (Å²) < 4.78 is 2.28. The maximum Gasteiger partial charge on any atom is 0.0991 e. The van der Waals surface area contributed by atoms with E-state index in [-0.39, 0.29) is 10.8 Å². The predicted molar refractivity (Wildman–Crippen MR) is 330 cm³/mol. The summed E-state index contributed by atoms with van der Waals surface area (Å²) in [6.45, 7) is 34.2. The molecule has 0 aliphatic heterocycles. The van der Waals surface area contributed by atoms with Gasteiger partial charge in [0.25, 0.3) is 0 Å². The third kappa shape index (κ3) is 11.7. The molecule has 0 amide bonds. The van der Waals surface area contributed by atoms with Crippen LogP contribution < -0.4 is 4.90 Å². The lowest BCUT2D eigenvalue weighted by Crippen LogP contribution is -2.17. The van der Waals surface area contributed by atoms with E-state index in [0.717, 1.165) is 17.1 Å². The third-order valence-electron chi connectivity index (χ3n) is 14.3. The van der Waals surface area contributed by atoms with Gasteiger partial charge in [0.1, 0.15) is 0 Å². The summed E-state index contributed by atoms with van der Waals surface area (Å²) in [6.07, 6.45) is 0. The number of benzene rings is 9. The molecular weight excluding hydrogens is 907 g/mol. The zero-order valence-corrected chi connectivity index (χ0v) is 48.2. The van der Waals surface area contributed by atoms with E-state index in [1.54, 1.807) is 0 Å². The molecule has 1 aliphatic rings. The maximum absolute atomic E-state index is 9.45. The monoisotopic (exact) mass is 988 g/mol. The van der Waals surface area contributed by atoms with Crippen molar-refractivity contribution in [3.63, 3.8) is 0 Å². The molecule has 75 heavy (non-hydrogen) atoms. The van der Waals surface area contributed by atoms with Crippen LogP contribution in [0.5, 0.6) is 0 Å². The van der Waals surface area contributed by atoms with Crippen LogP contribution in [0.3, 0.4) is 0 Å². The van der Waals surface area contributed by atoms with Crippen molar-refractivity contribution in [2.45, 2.75) is 122 Å². The number of nitriles is 1. The van der Waals surface area contributed by atoms with Crippen LogP contribution >= 0.6 is 0 Å². The minimum absolute atomic E-state index is 0.0754. The second-order valence-electron chi connectivity index (χ2n) is 20.5. The van der Waals surface area contributed by atoms with Gasteiger partial charge in [-0.1, -0.05) is 221 Å². The molecule has 3 heteroatoms. The molecule has 10 aromatic rings. The van der Waals surface area contributed by atoms with Gasteiger partial charge in [0.15, 0.2) is 0 Å². The quantitative estimate of drug-likeness (QED) is 0.176. The van der Waals surface area contributed by atoms with Crippen LogP contribution in [0, 0.1) is 45.9 Å². The lowest BCUT2D eigenvalue weighted by Gasteiger charge is -2.30. The third-order valence-corrected chi connectivity index (χ3v) is 14.3. The molecule has 3 nitrogen and oxygen atoms in total. The molecule has 1 aliphatic carbocycles. The summed E-state index contributed by atoms with van der Waals surface area (Å²) in [5.41, 5.74) is 22.6. The Morgan fingerprint density at radius 2 is 0.987 bits per heavy atom. The van der Waals surface area contributed by atoms with Crippen LogP contribution in [0.4, 0.5) is 17.1 Å². The average molecular weight is 988 g/mol. The highest BCUT2D eigenvalue weighted by Crippen LogP contribution is 2.54. The predicted octanol–water partition coefficient (Wildman–Crippen LogP) is 21.1. The fourth-order valence-electron chi connectivity index (χ4n) is 10.4. The second-order valence-corrected chi connectivity index (χ2v) is 20.5. The first-order valence-corrected chi connectivity index (χ1v) is 27.2. The summed E-state index contributed by atoms with van der Waals surface area (Å²) >= 11 is 0. The van der Waals surface area contributed by atoms with Crippen molar-refractivity contribution >= 4 is 49.6 Å². The van der Waals surface area contributed by atoms with Gasteiger partial charge < -0.3 is 9.47 Å². The van der Waals surface area contributed by atoms with Crippen LogP contribution in [0.1, 0.15) is 126 Å². The molecular formula is C72H81N3. The maximum atomic E-state index is 9.45. The number of para-hydroxylation sites is 2. The van der Waals surface area contributed by atoms with Crippen LogP contribution in [0.2, 0.25) is 0 Å². The number of aryl methyl sites for hydroxylation is 6. The SMILES string of the molecule is CC.CC.CC.Cc1ccc(C)c(-c2ccccc2C)c1.Cc1ccc2c(c1)C(C)(C)c1cc(N(c3ccc(C#N)cc3)c3ccc(C(C)(C)C)cc3)c3ccccc3c1-2.Cc1cccc2c3ccccc3n(C)c12. The number of aromatic nitrogens is 1. The Balaban J connectivity index is 0.000000207. The fourth-order valence-corrected chi connectivity index (χ4v) is 10.4. The molecule has 11 rings (SSSR count). The number of nitrogens with zero attached hydrogens (tertiary/aromatic N) is 3. The first-order chi connectivity index (χ1) is 36.1. The fraction of sp³-hybridized carbons (Fsp3) is 0.264. The number of hydrogen-bond donors (Lipinski definition) is 0. The first kappa shape index (κ1) is 56.6. The van der Waals surface area contributed by atoms with Crippen molar-refractivity contribution in [3.8, 4) is 28.3 Å². The molecule has 0 bridgehead atoms. The van der Waals surface area contributed by atoms with Gasteiger partial charge in [0.2, 0.25) is 0 Å². The van der Waals surface area contributed by atoms with Gasteiger partial charge in [-0.05, 0) is 150 Å². The van der Waals surface area contributed by atoms with E-state index in [4.69, 9.17) is 0 Å². The summed E-state index contributed by atoms with van der Waals surface area (Å²) in [5.74, 6) is 0.